The topological polar surface area (TPSA) is 115 Å². The first-order valence-corrected chi connectivity index (χ1v) is 12.1. The number of hydrogen-bond acceptors (Lipinski definition) is 6. The SMILES string of the molecule is N#Cc1ccc(-c2ccc3ncc(C(=O)C4CC4)c(NC4CCC(NC(=O)O)CC4)c3c2)s1. The number of fused-ring (bicyclic) bond motifs is 1. The first-order chi connectivity index (χ1) is 16.0. The first kappa shape index (κ1) is 21.4. The molecule has 3 N–H and O–H groups in total. The van der Waals surface area contributed by atoms with Crippen molar-refractivity contribution in [3.8, 4) is 16.5 Å². The van der Waals surface area contributed by atoms with Gasteiger partial charge in [-0.15, -0.1) is 11.3 Å². The van der Waals surface area contributed by atoms with Crippen molar-refractivity contribution in [3.63, 3.8) is 0 Å². The minimum absolute atomic E-state index is 0.0259. The third-order valence-corrected chi connectivity index (χ3v) is 7.52. The van der Waals surface area contributed by atoms with Crippen LogP contribution in [0.25, 0.3) is 21.3 Å². The Bertz CT molecular complexity index is 1270. The molecule has 2 aromatic heterocycles. The number of carbonyl (C=O) groups excluding carboxylic acids is 1. The molecule has 0 spiro atoms. The molecule has 0 atom stereocenters. The minimum Gasteiger partial charge on any atom is -0.465 e. The minimum atomic E-state index is -0.982. The molecule has 8 heteroatoms. The molecule has 7 nitrogen and oxygen atoms in total. The molecule has 0 aliphatic heterocycles. The van der Waals surface area contributed by atoms with Crippen LogP contribution < -0.4 is 10.6 Å². The second kappa shape index (κ2) is 8.83. The summed E-state index contributed by atoms with van der Waals surface area (Å²) in [4.78, 5) is 30.3. The summed E-state index contributed by atoms with van der Waals surface area (Å²) >= 11 is 1.44. The Hall–Kier alpha value is -3.44. The number of anilines is 1. The Balaban J connectivity index is 1.50. The molecule has 0 radical (unpaired) electrons. The fraction of sp³-hybridized carbons (Fsp3) is 0.360. The van der Waals surface area contributed by atoms with E-state index in [1.165, 1.54) is 11.3 Å². The number of thiophene rings is 1. The van der Waals surface area contributed by atoms with E-state index in [-0.39, 0.29) is 23.8 Å². The quantitative estimate of drug-likeness (QED) is 0.423. The van der Waals surface area contributed by atoms with Crippen LogP contribution in [0.15, 0.2) is 36.5 Å². The standard InChI is InChI=1S/C25H24N4O3S/c26-12-18-8-10-22(33-18)15-3-9-21-19(11-15)23(20(13-27-21)24(30)14-1-2-14)28-16-4-6-17(7-5-16)29-25(31)32/h3,8-11,13-14,16-17,29H,1-2,4-7H2,(H,27,28)(H,31,32). The zero-order valence-corrected chi connectivity index (χ0v) is 18.8. The molecule has 33 heavy (non-hydrogen) atoms. The zero-order chi connectivity index (χ0) is 22.9. The van der Waals surface area contributed by atoms with Gasteiger partial charge in [0.25, 0.3) is 0 Å². The van der Waals surface area contributed by atoms with E-state index in [1.807, 2.05) is 24.3 Å². The van der Waals surface area contributed by atoms with Gasteiger partial charge in [-0.3, -0.25) is 9.78 Å². The van der Waals surface area contributed by atoms with Crippen molar-refractivity contribution in [2.24, 2.45) is 5.92 Å². The highest BCUT2D eigenvalue weighted by atomic mass is 32.1. The Morgan fingerprint density at radius 1 is 1.06 bits per heavy atom. The van der Waals surface area contributed by atoms with E-state index in [9.17, 15) is 14.9 Å². The van der Waals surface area contributed by atoms with E-state index in [2.05, 4.69) is 27.8 Å². The summed E-state index contributed by atoms with van der Waals surface area (Å²) in [5.41, 5.74) is 3.26. The summed E-state index contributed by atoms with van der Waals surface area (Å²) in [5.74, 6) is 0.223. The number of carboxylic acid groups (broad SMARTS) is 1. The Morgan fingerprint density at radius 2 is 1.82 bits per heavy atom. The molecule has 2 aliphatic rings. The predicted octanol–water partition coefficient (Wildman–Crippen LogP) is 5.42. The number of hydrogen-bond donors (Lipinski definition) is 3. The number of benzene rings is 1. The van der Waals surface area contributed by atoms with E-state index < -0.39 is 6.09 Å². The van der Waals surface area contributed by atoms with Gasteiger partial charge in [0.15, 0.2) is 5.78 Å². The second-order valence-corrected chi connectivity index (χ2v) is 9.92. The smallest absolute Gasteiger partial charge is 0.404 e. The average Bonchev–Trinajstić information content (AvgIpc) is 3.56. The molecule has 2 saturated carbocycles. The van der Waals surface area contributed by atoms with Crippen molar-refractivity contribution >= 4 is 39.8 Å². The lowest BCUT2D eigenvalue weighted by Gasteiger charge is -2.30. The van der Waals surface area contributed by atoms with E-state index in [1.54, 1.807) is 6.20 Å². The third kappa shape index (κ3) is 4.55. The molecule has 0 saturated heterocycles. The highest BCUT2D eigenvalue weighted by Gasteiger charge is 2.33. The number of rotatable bonds is 6. The van der Waals surface area contributed by atoms with Crippen molar-refractivity contribution in [2.45, 2.75) is 50.6 Å². The number of nitrogens with zero attached hydrogens (tertiary/aromatic N) is 2. The second-order valence-electron chi connectivity index (χ2n) is 8.84. The maximum Gasteiger partial charge on any atom is 0.404 e. The predicted molar refractivity (Wildman–Crippen MR) is 128 cm³/mol. The van der Waals surface area contributed by atoms with Crippen LogP contribution in [-0.4, -0.2) is 34.1 Å². The lowest BCUT2D eigenvalue weighted by Crippen LogP contribution is -2.39. The summed E-state index contributed by atoms with van der Waals surface area (Å²) in [6, 6.07) is 12.1. The molecule has 0 unspecified atom stereocenters. The molecular weight excluding hydrogens is 436 g/mol. The molecule has 2 fully saturated rings. The summed E-state index contributed by atoms with van der Waals surface area (Å²) in [6.45, 7) is 0. The normalized spacial score (nSPS) is 20.2. The number of aromatic nitrogens is 1. The van der Waals surface area contributed by atoms with Gasteiger partial charge in [-0.2, -0.15) is 5.26 Å². The number of pyridine rings is 1. The van der Waals surface area contributed by atoms with Crippen molar-refractivity contribution in [3.05, 3.63) is 47.0 Å². The molecule has 1 amide bonds. The van der Waals surface area contributed by atoms with Crippen molar-refractivity contribution in [2.75, 3.05) is 5.32 Å². The highest BCUT2D eigenvalue weighted by molar-refractivity contribution is 7.16. The van der Waals surface area contributed by atoms with Gasteiger partial charge in [0.2, 0.25) is 0 Å². The van der Waals surface area contributed by atoms with Crippen LogP contribution in [0.5, 0.6) is 0 Å². The van der Waals surface area contributed by atoms with Crippen LogP contribution in [0, 0.1) is 17.2 Å². The van der Waals surface area contributed by atoms with E-state index in [4.69, 9.17) is 5.11 Å². The van der Waals surface area contributed by atoms with Gasteiger partial charge in [-0.25, -0.2) is 4.79 Å². The monoisotopic (exact) mass is 460 g/mol. The molecule has 3 aromatic rings. The van der Waals surface area contributed by atoms with Crippen LogP contribution >= 0.6 is 11.3 Å². The number of ketones is 1. The highest BCUT2D eigenvalue weighted by Crippen LogP contribution is 2.39. The fourth-order valence-corrected chi connectivity index (χ4v) is 5.37. The van der Waals surface area contributed by atoms with Gasteiger partial charge in [0, 0.05) is 34.5 Å². The van der Waals surface area contributed by atoms with Gasteiger partial charge >= 0.3 is 6.09 Å². The summed E-state index contributed by atoms with van der Waals surface area (Å²) < 4.78 is 0. The van der Waals surface area contributed by atoms with E-state index in [0.29, 0.717) is 10.4 Å². The molecule has 168 valence electrons. The summed E-state index contributed by atoms with van der Waals surface area (Å²) in [7, 11) is 0. The van der Waals surface area contributed by atoms with Crippen molar-refractivity contribution in [1.82, 2.24) is 10.3 Å². The maximum absolute atomic E-state index is 13.1. The molecule has 0 bridgehead atoms. The Morgan fingerprint density at radius 3 is 2.48 bits per heavy atom. The molecule has 1 aromatic carbocycles. The molecule has 5 rings (SSSR count). The Labute approximate surface area is 195 Å². The van der Waals surface area contributed by atoms with Crippen molar-refractivity contribution in [1.29, 1.82) is 5.26 Å². The van der Waals surface area contributed by atoms with Crippen LogP contribution in [0.3, 0.4) is 0 Å². The number of nitrogens with one attached hydrogen (secondary N) is 2. The van der Waals surface area contributed by atoms with Gasteiger partial charge in [-0.1, -0.05) is 6.07 Å². The zero-order valence-electron chi connectivity index (χ0n) is 18.0. The number of nitriles is 1. The van der Waals surface area contributed by atoms with Gasteiger partial charge in [0.1, 0.15) is 10.9 Å². The lowest BCUT2D eigenvalue weighted by atomic mass is 9.90. The number of carbonyl (C=O) groups is 2. The van der Waals surface area contributed by atoms with Crippen LogP contribution in [0.4, 0.5) is 10.5 Å². The first-order valence-electron chi connectivity index (χ1n) is 11.2. The van der Waals surface area contributed by atoms with Gasteiger partial charge in [0.05, 0.1) is 16.8 Å². The molecule has 2 aliphatic carbocycles. The largest absolute Gasteiger partial charge is 0.465 e. The summed E-state index contributed by atoms with van der Waals surface area (Å²) in [5, 5.41) is 25.3. The summed E-state index contributed by atoms with van der Waals surface area (Å²) in [6.07, 6.45) is 5.73. The average molecular weight is 461 g/mol. The third-order valence-electron chi connectivity index (χ3n) is 6.49. The number of amides is 1. The lowest BCUT2D eigenvalue weighted by molar-refractivity contribution is 0.0968. The fourth-order valence-electron chi connectivity index (χ4n) is 4.57. The Kier molecular flexibility index (Phi) is 5.73. The van der Waals surface area contributed by atoms with Gasteiger partial charge < -0.3 is 15.7 Å². The van der Waals surface area contributed by atoms with Crippen LogP contribution in [-0.2, 0) is 0 Å². The van der Waals surface area contributed by atoms with Crippen LogP contribution in [0.1, 0.15) is 53.8 Å². The van der Waals surface area contributed by atoms with E-state index >= 15 is 0 Å². The van der Waals surface area contributed by atoms with Gasteiger partial charge in [-0.05, 0) is 68.4 Å². The van der Waals surface area contributed by atoms with Crippen LogP contribution in [0.2, 0.25) is 0 Å². The molecule has 2 heterocycles. The maximum atomic E-state index is 13.1. The van der Waals surface area contributed by atoms with Crippen molar-refractivity contribution < 1.29 is 14.7 Å². The number of Topliss-reactive ketones (excluding diaryl/α,β-unsaturated/α-hetero) is 1. The van der Waals surface area contributed by atoms with E-state index in [0.717, 1.165) is 65.6 Å². The molecular formula is C25H24N4O3S.